The van der Waals surface area contributed by atoms with Gasteiger partial charge in [0.05, 0.1) is 12.1 Å². The molecule has 2 N–H and O–H groups in total. The molecule has 2 amide bonds. The van der Waals surface area contributed by atoms with Crippen LogP contribution in [0.3, 0.4) is 0 Å². The first-order valence-electron chi connectivity index (χ1n) is 9.12. The number of amides is 2. The lowest BCUT2D eigenvalue weighted by atomic mass is 10.0. The van der Waals surface area contributed by atoms with Crippen LogP contribution in [0.1, 0.15) is 52.9 Å². The molecule has 7 nitrogen and oxygen atoms in total. The zero-order valence-electron chi connectivity index (χ0n) is 15.5. The number of aliphatic hydroxyl groups is 1. The van der Waals surface area contributed by atoms with Gasteiger partial charge in [0.1, 0.15) is 11.5 Å². The second kappa shape index (κ2) is 8.26. The van der Waals surface area contributed by atoms with Crippen molar-refractivity contribution in [3.8, 4) is 0 Å². The predicted molar refractivity (Wildman–Crippen MR) is 100 cm³/mol. The largest absolute Gasteiger partial charge is 0.389 e. The maximum atomic E-state index is 12.7. The Labute approximate surface area is 158 Å². The molecule has 1 fully saturated rings. The lowest BCUT2D eigenvalue weighted by molar-refractivity contribution is 0.0311. The maximum Gasteiger partial charge on any atom is 0.272 e. The van der Waals surface area contributed by atoms with E-state index >= 15 is 0 Å². The van der Waals surface area contributed by atoms with Crippen molar-refractivity contribution in [1.29, 1.82) is 0 Å². The molecule has 1 aromatic heterocycles. The molecule has 0 saturated carbocycles. The van der Waals surface area contributed by atoms with Gasteiger partial charge in [0.25, 0.3) is 11.8 Å². The average molecular weight is 368 g/mol. The molecular weight excluding hydrogens is 344 g/mol. The van der Waals surface area contributed by atoms with Gasteiger partial charge in [0.2, 0.25) is 0 Å². The molecule has 0 aliphatic carbocycles. The van der Waals surface area contributed by atoms with Gasteiger partial charge in [-0.15, -0.1) is 0 Å². The first kappa shape index (κ1) is 19.0. The van der Waals surface area contributed by atoms with E-state index in [1.54, 1.807) is 41.4 Å². The Balaban J connectivity index is 1.62. The topological polar surface area (TPSA) is 95.4 Å². The molecule has 0 bridgehead atoms. The number of nitrogens with zero attached hydrogens (tertiary/aromatic N) is 3. The molecule has 7 heteroatoms. The minimum atomic E-state index is -0.832. The smallest absolute Gasteiger partial charge is 0.272 e. The molecule has 0 spiro atoms. The molecule has 3 rings (SSSR count). The Morgan fingerprint density at radius 1 is 1.22 bits per heavy atom. The summed E-state index contributed by atoms with van der Waals surface area (Å²) < 4.78 is 0. The summed E-state index contributed by atoms with van der Waals surface area (Å²) in [6.45, 7) is 4.53. The zero-order valence-corrected chi connectivity index (χ0v) is 15.5. The van der Waals surface area contributed by atoms with Crippen molar-refractivity contribution in [1.82, 2.24) is 20.2 Å². The normalized spacial score (nSPS) is 19.8. The van der Waals surface area contributed by atoms with Crippen molar-refractivity contribution < 1.29 is 14.7 Å². The van der Waals surface area contributed by atoms with Crippen LogP contribution in [0.15, 0.2) is 42.6 Å². The van der Waals surface area contributed by atoms with Crippen LogP contribution in [-0.4, -0.2) is 57.0 Å². The molecule has 142 valence electrons. The van der Waals surface area contributed by atoms with Crippen molar-refractivity contribution >= 4 is 11.8 Å². The number of nitrogens with one attached hydrogen (secondary N) is 1. The minimum Gasteiger partial charge on any atom is -0.389 e. The number of benzene rings is 1. The number of aromatic nitrogens is 2. The third kappa shape index (κ3) is 4.49. The highest BCUT2D eigenvalue weighted by Gasteiger charge is 2.32. The Bertz CT molecular complexity index is 810. The van der Waals surface area contributed by atoms with Gasteiger partial charge in [-0.05, 0) is 24.6 Å². The molecule has 0 radical (unpaired) electrons. The fourth-order valence-electron chi connectivity index (χ4n) is 3.06. The summed E-state index contributed by atoms with van der Waals surface area (Å²) in [4.78, 5) is 35.1. The van der Waals surface area contributed by atoms with E-state index in [4.69, 9.17) is 0 Å². The van der Waals surface area contributed by atoms with E-state index in [1.165, 1.54) is 0 Å². The van der Waals surface area contributed by atoms with Gasteiger partial charge >= 0.3 is 0 Å². The van der Waals surface area contributed by atoms with Crippen molar-refractivity contribution in [3.05, 3.63) is 59.7 Å². The van der Waals surface area contributed by atoms with Crippen LogP contribution in [0.5, 0.6) is 0 Å². The number of carbonyl (C=O) groups is 2. The third-order valence-corrected chi connectivity index (χ3v) is 4.63. The Kier molecular flexibility index (Phi) is 5.81. The highest BCUT2D eigenvalue weighted by atomic mass is 16.3. The summed E-state index contributed by atoms with van der Waals surface area (Å²) in [6, 6.07) is 10.1. The van der Waals surface area contributed by atoms with E-state index < -0.39 is 12.1 Å². The van der Waals surface area contributed by atoms with Crippen LogP contribution in [0.4, 0.5) is 0 Å². The highest BCUT2D eigenvalue weighted by molar-refractivity contribution is 5.94. The number of likely N-dealkylation sites (tertiary alicyclic amines) is 1. The van der Waals surface area contributed by atoms with Crippen molar-refractivity contribution in [2.45, 2.75) is 38.3 Å². The standard InChI is InChI=1S/C20H24N4O3/c1-13(2)18-21-10-8-16(22-18)20(27)24-11-9-15(17(25)12-24)23-19(26)14-6-4-3-5-7-14/h3-8,10,13,15,17,25H,9,11-12H2,1-2H3,(H,23,26)/t15-,17-/m1/s1. The second-order valence-electron chi connectivity index (χ2n) is 7.01. The summed E-state index contributed by atoms with van der Waals surface area (Å²) in [6.07, 6.45) is 1.23. The quantitative estimate of drug-likeness (QED) is 0.855. The van der Waals surface area contributed by atoms with Gasteiger partial charge in [0.15, 0.2) is 0 Å². The molecule has 1 aromatic carbocycles. The maximum absolute atomic E-state index is 12.7. The van der Waals surface area contributed by atoms with Crippen LogP contribution in [0.25, 0.3) is 0 Å². The van der Waals surface area contributed by atoms with E-state index in [0.29, 0.717) is 30.0 Å². The highest BCUT2D eigenvalue weighted by Crippen LogP contribution is 2.16. The summed E-state index contributed by atoms with van der Waals surface area (Å²) in [7, 11) is 0. The zero-order chi connectivity index (χ0) is 19.4. The SMILES string of the molecule is CC(C)c1nccc(C(=O)N2CC[C@@H](NC(=O)c3ccccc3)[C@H](O)C2)n1. The number of rotatable bonds is 4. The van der Waals surface area contributed by atoms with Crippen LogP contribution >= 0.6 is 0 Å². The lowest BCUT2D eigenvalue weighted by Gasteiger charge is -2.36. The van der Waals surface area contributed by atoms with E-state index in [-0.39, 0.29) is 24.3 Å². The average Bonchev–Trinajstić information content (AvgIpc) is 2.69. The van der Waals surface area contributed by atoms with Crippen molar-refractivity contribution in [3.63, 3.8) is 0 Å². The summed E-state index contributed by atoms with van der Waals surface area (Å²) in [5.41, 5.74) is 0.873. The number of hydrogen-bond donors (Lipinski definition) is 2. The van der Waals surface area contributed by atoms with Crippen molar-refractivity contribution in [2.75, 3.05) is 13.1 Å². The number of hydrogen-bond acceptors (Lipinski definition) is 5. The monoisotopic (exact) mass is 368 g/mol. The molecule has 1 saturated heterocycles. The second-order valence-corrected chi connectivity index (χ2v) is 7.01. The molecule has 1 aliphatic heterocycles. The number of aliphatic hydroxyl groups excluding tert-OH is 1. The van der Waals surface area contributed by atoms with Crippen LogP contribution in [0, 0.1) is 0 Å². The summed E-state index contributed by atoms with van der Waals surface area (Å²) in [5.74, 6) is 0.289. The number of β-amino-alcohol motifs (C(OH)–C–C–N with tert-alkyl or cyclic N) is 1. The van der Waals surface area contributed by atoms with E-state index in [2.05, 4.69) is 15.3 Å². The first-order chi connectivity index (χ1) is 13.0. The first-order valence-corrected chi connectivity index (χ1v) is 9.12. The summed E-state index contributed by atoms with van der Waals surface area (Å²) in [5, 5.41) is 13.3. The van der Waals surface area contributed by atoms with E-state index in [1.807, 2.05) is 19.9 Å². The number of carbonyl (C=O) groups excluding carboxylic acids is 2. The molecule has 2 aromatic rings. The Hall–Kier alpha value is -2.80. The van der Waals surface area contributed by atoms with Gasteiger partial charge < -0.3 is 15.3 Å². The minimum absolute atomic E-state index is 0.127. The predicted octanol–water partition coefficient (Wildman–Crippen LogP) is 1.61. The van der Waals surface area contributed by atoms with E-state index in [0.717, 1.165) is 0 Å². The van der Waals surface area contributed by atoms with Gasteiger partial charge in [-0.25, -0.2) is 9.97 Å². The van der Waals surface area contributed by atoms with Crippen LogP contribution in [-0.2, 0) is 0 Å². The molecule has 2 heterocycles. The molecule has 1 aliphatic rings. The van der Waals surface area contributed by atoms with Crippen LogP contribution < -0.4 is 5.32 Å². The molecule has 0 unspecified atom stereocenters. The summed E-state index contributed by atoms with van der Waals surface area (Å²) >= 11 is 0. The number of piperidine rings is 1. The third-order valence-electron chi connectivity index (χ3n) is 4.63. The molecule has 27 heavy (non-hydrogen) atoms. The fraction of sp³-hybridized carbons (Fsp3) is 0.400. The van der Waals surface area contributed by atoms with Crippen molar-refractivity contribution in [2.24, 2.45) is 0 Å². The van der Waals surface area contributed by atoms with Crippen LogP contribution in [0.2, 0.25) is 0 Å². The van der Waals surface area contributed by atoms with Gasteiger partial charge in [-0.2, -0.15) is 0 Å². The Morgan fingerprint density at radius 3 is 2.63 bits per heavy atom. The lowest BCUT2D eigenvalue weighted by Crippen LogP contribution is -2.55. The molecular formula is C20H24N4O3. The van der Waals surface area contributed by atoms with Gasteiger partial charge in [0, 0.05) is 30.8 Å². The fourth-order valence-corrected chi connectivity index (χ4v) is 3.06. The Morgan fingerprint density at radius 2 is 1.96 bits per heavy atom. The molecule has 2 atom stereocenters. The van der Waals surface area contributed by atoms with Gasteiger partial charge in [-0.3, -0.25) is 9.59 Å². The van der Waals surface area contributed by atoms with Gasteiger partial charge in [-0.1, -0.05) is 32.0 Å². The van der Waals surface area contributed by atoms with E-state index in [9.17, 15) is 14.7 Å².